The third kappa shape index (κ3) is 3.41. The molecule has 1 heterocycles. The van der Waals surface area contributed by atoms with Gasteiger partial charge in [-0.3, -0.25) is 9.69 Å². The lowest BCUT2D eigenvalue weighted by Gasteiger charge is -2.45. The van der Waals surface area contributed by atoms with Gasteiger partial charge < -0.3 is 15.8 Å². The molecule has 1 saturated heterocycles. The molecule has 5 nitrogen and oxygen atoms in total. The number of morpholine rings is 1. The molecule has 0 spiro atoms. The average Bonchev–Trinajstić information content (AvgIpc) is 2.48. The number of likely N-dealkylation sites (N-methyl/N-ethyl adjacent to an activating group) is 1. The number of carbonyl (C=O) groups is 1. The van der Waals surface area contributed by atoms with Crippen LogP contribution in [-0.4, -0.2) is 55.2 Å². The van der Waals surface area contributed by atoms with E-state index in [4.69, 9.17) is 10.5 Å². The van der Waals surface area contributed by atoms with E-state index in [1.54, 1.807) is 0 Å². The summed E-state index contributed by atoms with van der Waals surface area (Å²) in [6, 6.07) is 0.654. The summed E-state index contributed by atoms with van der Waals surface area (Å²) >= 11 is 0. The first-order chi connectivity index (χ1) is 10.2. The molecular weight excluding hydrogens is 266 g/mol. The molecule has 2 bridgehead atoms. The second-order valence-electron chi connectivity index (χ2n) is 6.97. The molecule has 0 radical (unpaired) electrons. The van der Waals surface area contributed by atoms with Crippen LogP contribution in [0.25, 0.3) is 0 Å². The van der Waals surface area contributed by atoms with Crippen LogP contribution in [0, 0.1) is 11.8 Å². The van der Waals surface area contributed by atoms with E-state index in [0.29, 0.717) is 30.5 Å². The van der Waals surface area contributed by atoms with E-state index in [2.05, 4.69) is 17.1 Å². The van der Waals surface area contributed by atoms with Crippen molar-refractivity contribution in [2.45, 2.75) is 57.2 Å². The molecule has 3 N–H and O–H groups in total. The normalized spacial score (nSPS) is 40.8. The Morgan fingerprint density at radius 3 is 2.71 bits per heavy atom. The van der Waals surface area contributed by atoms with Gasteiger partial charge in [-0.1, -0.05) is 13.3 Å². The van der Waals surface area contributed by atoms with Gasteiger partial charge in [0.05, 0.1) is 6.61 Å². The number of carbonyl (C=O) groups excluding carboxylic acids is 1. The predicted octanol–water partition coefficient (Wildman–Crippen LogP) is 0.729. The highest BCUT2D eigenvalue weighted by Gasteiger charge is 2.41. The van der Waals surface area contributed by atoms with Gasteiger partial charge >= 0.3 is 0 Å². The Hall–Kier alpha value is -0.650. The fourth-order valence-corrected chi connectivity index (χ4v) is 4.43. The maximum Gasteiger partial charge on any atom is 0.250 e. The maximum absolute atomic E-state index is 12.5. The number of nitrogens with zero attached hydrogens (tertiary/aromatic N) is 1. The van der Waals surface area contributed by atoms with Crippen LogP contribution < -0.4 is 11.1 Å². The van der Waals surface area contributed by atoms with Gasteiger partial charge in [0.15, 0.2) is 0 Å². The molecule has 5 heteroatoms. The Morgan fingerprint density at radius 2 is 2.05 bits per heavy atom. The van der Waals surface area contributed by atoms with Crippen molar-refractivity contribution in [2.75, 3.05) is 26.2 Å². The minimum absolute atomic E-state index is 0.0884. The third-order valence-corrected chi connectivity index (χ3v) is 5.58. The van der Waals surface area contributed by atoms with Crippen LogP contribution >= 0.6 is 0 Å². The Morgan fingerprint density at radius 1 is 1.33 bits per heavy atom. The van der Waals surface area contributed by atoms with Gasteiger partial charge in [0.2, 0.25) is 0 Å². The first-order valence-corrected chi connectivity index (χ1v) is 8.57. The van der Waals surface area contributed by atoms with Crippen LogP contribution in [0.5, 0.6) is 0 Å². The minimum Gasteiger partial charge on any atom is -0.366 e. The third-order valence-electron chi connectivity index (χ3n) is 5.58. The second kappa shape index (κ2) is 6.63. The van der Waals surface area contributed by atoms with E-state index < -0.39 is 0 Å². The van der Waals surface area contributed by atoms with Crippen molar-refractivity contribution < 1.29 is 9.53 Å². The summed E-state index contributed by atoms with van der Waals surface area (Å²) < 4.78 is 5.68. The van der Waals surface area contributed by atoms with Crippen molar-refractivity contribution in [3.63, 3.8) is 0 Å². The Balaban J connectivity index is 1.59. The van der Waals surface area contributed by atoms with Crippen LogP contribution in [0.4, 0.5) is 0 Å². The molecule has 3 aliphatic rings. The second-order valence-corrected chi connectivity index (χ2v) is 6.97. The monoisotopic (exact) mass is 295 g/mol. The van der Waals surface area contributed by atoms with Crippen LogP contribution in [-0.2, 0) is 9.53 Å². The summed E-state index contributed by atoms with van der Waals surface area (Å²) in [6.07, 6.45) is 5.54. The zero-order chi connectivity index (χ0) is 14.8. The van der Waals surface area contributed by atoms with E-state index in [1.165, 1.54) is 19.3 Å². The van der Waals surface area contributed by atoms with Crippen LogP contribution in [0.15, 0.2) is 0 Å². The maximum atomic E-state index is 12.5. The number of hydrogen-bond donors (Lipinski definition) is 2. The molecule has 2 saturated carbocycles. The summed E-state index contributed by atoms with van der Waals surface area (Å²) in [5, 5.41) is 3.31. The first kappa shape index (κ1) is 15.3. The van der Waals surface area contributed by atoms with E-state index in [-0.39, 0.29) is 12.0 Å². The molecule has 1 amide bonds. The molecule has 0 aromatic heterocycles. The zero-order valence-electron chi connectivity index (χ0n) is 13.1. The number of amides is 1. The van der Waals surface area contributed by atoms with Crippen molar-refractivity contribution in [3.05, 3.63) is 0 Å². The zero-order valence-corrected chi connectivity index (χ0v) is 13.1. The van der Waals surface area contributed by atoms with E-state index >= 15 is 0 Å². The standard InChI is InChI=1S/C16H29N3O2/c1-2-19-6-7-21-14(10-19)16(20)18-15-11-4-3-5-12(15)9-13(17)8-11/h11-15H,2-10,17H2,1H3,(H,18,20). The van der Waals surface area contributed by atoms with Crippen molar-refractivity contribution in [3.8, 4) is 0 Å². The Labute approximate surface area is 127 Å². The minimum atomic E-state index is -0.296. The summed E-state index contributed by atoms with van der Waals surface area (Å²) in [6.45, 7) is 5.44. The van der Waals surface area contributed by atoms with Crippen LogP contribution in [0.1, 0.15) is 39.0 Å². The quantitative estimate of drug-likeness (QED) is 0.805. The smallest absolute Gasteiger partial charge is 0.250 e. The topological polar surface area (TPSA) is 67.6 Å². The summed E-state index contributed by atoms with van der Waals surface area (Å²) in [5.74, 6) is 1.23. The van der Waals surface area contributed by atoms with Gasteiger partial charge in [-0.2, -0.15) is 0 Å². The molecule has 1 aliphatic heterocycles. The van der Waals surface area contributed by atoms with Gasteiger partial charge in [-0.25, -0.2) is 0 Å². The Kier molecular flexibility index (Phi) is 4.82. The largest absolute Gasteiger partial charge is 0.366 e. The van der Waals surface area contributed by atoms with Gasteiger partial charge in [0.1, 0.15) is 6.10 Å². The molecule has 3 atom stereocenters. The van der Waals surface area contributed by atoms with Crippen molar-refractivity contribution >= 4 is 5.91 Å². The van der Waals surface area contributed by atoms with Crippen molar-refractivity contribution in [1.29, 1.82) is 0 Å². The first-order valence-electron chi connectivity index (χ1n) is 8.57. The molecule has 3 fully saturated rings. The summed E-state index contributed by atoms with van der Waals surface area (Å²) in [5.41, 5.74) is 6.15. The lowest BCUT2D eigenvalue weighted by molar-refractivity contribution is -0.140. The van der Waals surface area contributed by atoms with E-state index in [1.807, 2.05) is 0 Å². The molecule has 0 aromatic rings. The van der Waals surface area contributed by atoms with Crippen LogP contribution in [0.3, 0.4) is 0 Å². The number of nitrogens with two attached hydrogens (primary N) is 1. The molecule has 2 aliphatic carbocycles. The van der Waals surface area contributed by atoms with E-state index in [0.717, 1.165) is 32.5 Å². The van der Waals surface area contributed by atoms with Gasteiger partial charge in [0, 0.05) is 25.2 Å². The fourth-order valence-electron chi connectivity index (χ4n) is 4.43. The van der Waals surface area contributed by atoms with Gasteiger partial charge in [-0.05, 0) is 44.1 Å². The average molecular weight is 295 g/mol. The molecule has 120 valence electrons. The number of fused-ring (bicyclic) bond motifs is 2. The lowest BCUT2D eigenvalue weighted by atomic mass is 9.67. The number of hydrogen-bond acceptors (Lipinski definition) is 4. The number of rotatable bonds is 3. The van der Waals surface area contributed by atoms with Crippen molar-refractivity contribution in [2.24, 2.45) is 17.6 Å². The highest BCUT2D eigenvalue weighted by molar-refractivity contribution is 5.81. The Bertz CT molecular complexity index is 363. The fraction of sp³-hybridized carbons (Fsp3) is 0.938. The molecule has 3 rings (SSSR count). The highest BCUT2D eigenvalue weighted by atomic mass is 16.5. The SMILES string of the molecule is CCN1CCOC(C(=O)NC2C3CCCC2CC(N)C3)C1. The van der Waals surface area contributed by atoms with Gasteiger partial charge in [-0.15, -0.1) is 0 Å². The molecular formula is C16H29N3O2. The molecule has 21 heavy (non-hydrogen) atoms. The summed E-state index contributed by atoms with van der Waals surface area (Å²) in [4.78, 5) is 14.8. The molecule has 0 aromatic carbocycles. The highest BCUT2D eigenvalue weighted by Crippen LogP contribution is 2.39. The van der Waals surface area contributed by atoms with E-state index in [9.17, 15) is 4.79 Å². The van der Waals surface area contributed by atoms with Crippen LogP contribution in [0.2, 0.25) is 0 Å². The lowest BCUT2D eigenvalue weighted by Crippen LogP contribution is -2.58. The molecule has 3 unspecified atom stereocenters. The van der Waals surface area contributed by atoms with Gasteiger partial charge in [0.25, 0.3) is 5.91 Å². The predicted molar refractivity (Wildman–Crippen MR) is 81.8 cm³/mol. The summed E-state index contributed by atoms with van der Waals surface area (Å²) in [7, 11) is 0. The number of ether oxygens (including phenoxy) is 1. The number of nitrogens with one attached hydrogen (secondary N) is 1. The van der Waals surface area contributed by atoms with Crippen molar-refractivity contribution in [1.82, 2.24) is 10.2 Å².